The number of aromatic amines is 1. The van der Waals surface area contributed by atoms with Crippen LogP contribution in [0.15, 0.2) is 16.8 Å². The number of hydrogen-bond acceptors (Lipinski definition) is 7. The molecule has 3 heterocycles. The van der Waals surface area contributed by atoms with Gasteiger partial charge in [-0.05, 0) is 18.9 Å². The third-order valence-electron chi connectivity index (χ3n) is 3.85. The summed E-state index contributed by atoms with van der Waals surface area (Å²) in [6, 6.07) is 1.68. The highest BCUT2D eigenvalue weighted by atomic mass is 16.5. The van der Waals surface area contributed by atoms with Crippen molar-refractivity contribution < 1.29 is 18.8 Å². The molecule has 0 bridgehead atoms. The maximum Gasteiger partial charge on any atom is 0.271 e. The van der Waals surface area contributed by atoms with Gasteiger partial charge in [-0.2, -0.15) is 10.1 Å². The average molecular weight is 335 g/mol. The zero-order valence-electron chi connectivity index (χ0n) is 13.6. The largest absolute Gasteiger partial charge is 0.376 e. The summed E-state index contributed by atoms with van der Waals surface area (Å²) in [5.41, 5.74) is 0.508. The number of rotatable bonds is 7. The lowest BCUT2D eigenvalue weighted by Gasteiger charge is -2.32. The van der Waals surface area contributed by atoms with Crippen LogP contribution in [0.4, 0.5) is 0 Å². The molecule has 1 saturated heterocycles. The predicted octanol–water partition coefficient (Wildman–Crippen LogP) is 0.803. The van der Waals surface area contributed by atoms with Gasteiger partial charge in [0.1, 0.15) is 12.3 Å². The van der Waals surface area contributed by atoms with Gasteiger partial charge in [-0.25, -0.2) is 0 Å². The van der Waals surface area contributed by atoms with Crippen molar-refractivity contribution in [2.75, 3.05) is 26.8 Å². The zero-order chi connectivity index (χ0) is 16.8. The normalized spacial score (nSPS) is 18.0. The average Bonchev–Trinajstić information content (AvgIpc) is 3.27. The fourth-order valence-electron chi connectivity index (χ4n) is 2.69. The second kappa shape index (κ2) is 8.02. The maximum atomic E-state index is 12.3. The highest BCUT2D eigenvalue weighted by Gasteiger charge is 2.25. The van der Waals surface area contributed by atoms with Crippen molar-refractivity contribution in [3.8, 4) is 0 Å². The standard InChI is InChI=1S/C15H21N5O4/c1-22-10-14-17-13(19-24-14)5-8-23-11-3-2-7-20(9-11)15(21)12-4-6-16-18-12/h4,6,11H,2-3,5,7-10H2,1H3,(H,16,18). The Balaban J connectivity index is 1.44. The Morgan fingerprint density at radius 3 is 3.25 bits per heavy atom. The van der Waals surface area contributed by atoms with E-state index in [0.29, 0.717) is 43.6 Å². The van der Waals surface area contributed by atoms with E-state index in [4.69, 9.17) is 14.0 Å². The summed E-state index contributed by atoms with van der Waals surface area (Å²) in [5, 5.41) is 10.4. The quantitative estimate of drug-likeness (QED) is 0.797. The number of piperidine rings is 1. The molecule has 1 amide bonds. The SMILES string of the molecule is COCc1nc(CCOC2CCCN(C(=O)c3ccn[nH]3)C2)no1. The lowest BCUT2D eigenvalue weighted by molar-refractivity contribution is 0.00232. The lowest BCUT2D eigenvalue weighted by atomic mass is 10.1. The summed E-state index contributed by atoms with van der Waals surface area (Å²) in [6.07, 6.45) is 4.03. The molecule has 1 fully saturated rings. The zero-order valence-corrected chi connectivity index (χ0v) is 13.6. The molecule has 1 aliphatic rings. The van der Waals surface area contributed by atoms with Crippen molar-refractivity contribution in [3.05, 3.63) is 29.7 Å². The summed E-state index contributed by atoms with van der Waals surface area (Å²) >= 11 is 0. The van der Waals surface area contributed by atoms with Crippen LogP contribution in [-0.4, -0.2) is 64.1 Å². The molecule has 24 heavy (non-hydrogen) atoms. The number of hydrogen-bond donors (Lipinski definition) is 1. The minimum Gasteiger partial charge on any atom is -0.376 e. The molecule has 0 aromatic carbocycles. The van der Waals surface area contributed by atoms with Crippen molar-refractivity contribution in [2.24, 2.45) is 0 Å². The van der Waals surface area contributed by atoms with E-state index in [1.165, 1.54) is 0 Å². The Kier molecular flexibility index (Phi) is 5.55. The third kappa shape index (κ3) is 4.18. The number of methoxy groups -OCH3 is 1. The molecule has 1 unspecified atom stereocenters. The molecule has 1 atom stereocenters. The number of likely N-dealkylation sites (tertiary alicyclic amines) is 1. The van der Waals surface area contributed by atoms with Gasteiger partial charge in [0, 0.05) is 32.8 Å². The summed E-state index contributed by atoms with van der Waals surface area (Å²) in [4.78, 5) is 18.3. The molecular weight excluding hydrogens is 314 g/mol. The maximum absolute atomic E-state index is 12.3. The molecule has 1 aliphatic heterocycles. The first-order chi connectivity index (χ1) is 11.8. The number of nitrogens with one attached hydrogen (secondary N) is 1. The number of amides is 1. The van der Waals surface area contributed by atoms with Gasteiger partial charge >= 0.3 is 0 Å². The van der Waals surface area contributed by atoms with Gasteiger partial charge in [0.05, 0.1) is 12.7 Å². The van der Waals surface area contributed by atoms with E-state index in [1.807, 2.05) is 0 Å². The fourth-order valence-corrected chi connectivity index (χ4v) is 2.69. The van der Waals surface area contributed by atoms with Gasteiger partial charge < -0.3 is 18.9 Å². The third-order valence-corrected chi connectivity index (χ3v) is 3.85. The van der Waals surface area contributed by atoms with Crippen molar-refractivity contribution in [1.29, 1.82) is 0 Å². The Labute approximate surface area is 139 Å². The van der Waals surface area contributed by atoms with Crippen LogP contribution < -0.4 is 0 Å². The minimum absolute atomic E-state index is 0.0240. The lowest BCUT2D eigenvalue weighted by Crippen LogP contribution is -2.43. The van der Waals surface area contributed by atoms with Crippen molar-refractivity contribution in [2.45, 2.75) is 32.0 Å². The van der Waals surface area contributed by atoms with Gasteiger partial charge in [0.2, 0.25) is 0 Å². The van der Waals surface area contributed by atoms with Crippen molar-refractivity contribution in [3.63, 3.8) is 0 Å². The smallest absolute Gasteiger partial charge is 0.271 e. The molecule has 0 radical (unpaired) electrons. The van der Waals surface area contributed by atoms with Crippen LogP contribution in [-0.2, 0) is 22.5 Å². The van der Waals surface area contributed by atoms with Crippen LogP contribution in [0.3, 0.4) is 0 Å². The number of nitrogens with zero attached hydrogens (tertiary/aromatic N) is 4. The van der Waals surface area contributed by atoms with Crippen LogP contribution in [0, 0.1) is 0 Å². The highest BCUT2D eigenvalue weighted by molar-refractivity contribution is 5.92. The van der Waals surface area contributed by atoms with Crippen LogP contribution in [0.5, 0.6) is 0 Å². The van der Waals surface area contributed by atoms with Gasteiger partial charge in [0.25, 0.3) is 11.8 Å². The van der Waals surface area contributed by atoms with E-state index in [1.54, 1.807) is 24.3 Å². The molecule has 0 spiro atoms. The molecule has 2 aromatic heterocycles. The summed E-state index contributed by atoms with van der Waals surface area (Å²) in [7, 11) is 1.58. The molecule has 0 saturated carbocycles. The summed E-state index contributed by atoms with van der Waals surface area (Å²) < 4.78 is 15.8. The van der Waals surface area contributed by atoms with E-state index in [-0.39, 0.29) is 12.0 Å². The molecule has 9 heteroatoms. The minimum atomic E-state index is -0.0387. The van der Waals surface area contributed by atoms with Crippen LogP contribution in [0.25, 0.3) is 0 Å². The van der Waals surface area contributed by atoms with E-state index in [0.717, 1.165) is 19.4 Å². The predicted molar refractivity (Wildman–Crippen MR) is 82.2 cm³/mol. The van der Waals surface area contributed by atoms with Crippen molar-refractivity contribution >= 4 is 5.91 Å². The second-order valence-electron chi connectivity index (χ2n) is 5.64. The van der Waals surface area contributed by atoms with Crippen LogP contribution >= 0.6 is 0 Å². The van der Waals surface area contributed by atoms with Gasteiger partial charge in [0.15, 0.2) is 5.82 Å². The number of ether oxygens (including phenoxy) is 2. The molecule has 2 aromatic rings. The first kappa shape index (κ1) is 16.6. The van der Waals surface area contributed by atoms with Gasteiger partial charge in [-0.1, -0.05) is 5.16 Å². The summed E-state index contributed by atoms with van der Waals surface area (Å²) in [6.45, 7) is 2.12. The van der Waals surface area contributed by atoms with E-state index in [2.05, 4.69) is 20.3 Å². The van der Waals surface area contributed by atoms with Gasteiger partial charge in [-0.15, -0.1) is 0 Å². The number of carbonyl (C=O) groups excluding carboxylic acids is 1. The van der Waals surface area contributed by atoms with Crippen LogP contribution in [0.2, 0.25) is 0 Å². The first-order valence-electron chi connectivity index (χ1n) is 7.97. The Hall–Kier alpha value is -2.26. The van der Waals surface area contributed by atoms with Crippen LogP contribution in [0.1, 0.15) is 35.0 Å². The number of carbonyl (C=O) groups is 1. The van der Waals surface area contributed by atoms with E-state index < -0.39 is 0 Å². The Morgan fingerprint density at radius 1 is 1.54 bits per heavy atom. The first-order valence-corrected chi connectivity index (χ1v) is 7.97. The second-order valence-corrected chi connectivity index (χ2v) is 5.64. The fraction of sp³-hybridized carbons (Fsp3) is 0.600. The molecule has 1 N–H and O–H groups in total. The number of H-pyrrole nitrogens is 1. The highest BCUT2D eigenvalue weighted by Crippen LogP contribution is 2.15. The number of aromatic nitrogens is 4. The molecule has 0 aliphatic carbocycles. The van der Waals surface area contributed by atoms with E-state index in [9.17, 15) is 4.79 Å². The Morgan fingerprint density at radius 2 is 2.46 bits per heavy atom. The molecule has 3 rings (SSSR count). The van der Waals surface area contributed by atoms with Gasteiger partial charge in [-0.3, -0.25) is 9.89 Å². The molecule has 9 nitrogen and oxygen atoms in total. The molecular formula is C15H21N5O4. The topological polar surface area (TPSA) is 106 Å². The summed E-state index contributed by atoms with van der Waals surface area (Å²) in [5.74, 6) is 1.02. The van der Waals surface area contributed by atoms with Crippen molar-refractivity contribution in [1.82, 2.24) is 25.2 Å². The Bertz CT molecular complexity index is 642. The molecule has 130 valence electrons. The van der Waals surface area contributed by atoms with E-state index >= 15 is 0 Å². The monoisotopic (exact) mass is 335 g/mol.